The van der Waals surface area contributed by atoms with Gasteiger partial charge in [-0.2, -0.15) is 0 Å². The van der Waals surface area contributed by atoms with Crippen molar-refractivity contribution in [3.05, 3.63) is 266 Å². The molecule has 0 amide bonds. The highest BCUT2D eigenvalue weighted by molar-refractivity contribution is 14.1. The number of rotatable bonds is 7. The lowest BCUT2D eigenvalue weighted by Gasteiger charge is -2.30. The predicted molar refractivity (Wildman–Crippen MR) is 300 cm³/mol. The van der Waals surface area contributed by atoms with Crippen molar-refractivity contribution < 1.29 is 0 Å². The van der Waals surface area contributed by atoms with Crippen LogP contribution >= 0.6 is 45.2 Å². The number of benzene rings is 10. The first-order valence-electron chi connectivity index (χ1n) is 23.1. The highest BCUT2D eigenvalue weighted by Crippen LogP contribution is 2.63. The van der Waals surface area contributed by atoms with Gasteiger partial charge in [0, 0.05) is 23.8 Å². The summed E-state index contributed by atoms with van der Waals surface area (Å²) in [6, 6.07) is 85.8. The van der Waals surface area contributed by atoms with Crippen LogP contribution in [0.4, 0.5) is 0 Å². The molecule has 0 atom stereocenters. The largest absolute Gasteiger partial charge is 0.208 e. The summed E-state index contributed by atoms with van der Waals surface area (Å²) in [7, 11) is 0. The average molecular weight is 1100 g/mol. The molecular formula is C64H39I2N3. The van der Waals surface area contributed by atoms with Gasteiger partial charge in [-0.25, -0.2) is 15.0 Å². The first-order chi connectivity index (χ1) is 34.0. The molecule has 0 saturated heterocycles. The zero-order valence-corrected chi connectivity index (χ0v) is 41.4. The van der Waals surface area contributed by atoms with Crippen molar-refractivity contribution >= 4 is 45.2 Å². The molecule has 0 bridgehead atoms. The SMILES string of the molecule is Ic1ccc(-c2cc(-c3ccccc3)cc(-c3nc(-c4cc(-c5ccccc5)cc(-c5ccc(I)cc5)c4)nc(-c4ccc5c(c4)C4(c6ccccc6-c6ccccc64)c4ccccc4-5)n3)c2)cc1. The highest BCUT2D eigenvalue weighted by Gasteiger charge is 2.51. The van der Waals surface area contributed by atoms with Gasteiger partial charge in [0.1, 0.15) is 0 Å². The van der Waals surface area contributed by atoms with E-state index in [4.69, 9.17) is 15.0 Å². The number of fused-ring (bicyclic) bond motifs is 10. The molecule has 1 spiro atoms. The Morgan fingerprint density at radius 2 is 0.536 bits per heavy atom. The van der Waals surface area contributed by atoms with Crippen LogP contribution in [0.1, 0.15) is 22.3 Å². The summed E-state index contributed by atoms with van der Waals surface area (Å²) in [4.78, 5) is 16.5. The minimum atomic E-state index is -0.507. The van der Waals surface area contributed by atoms with Crippen LogP contribution < -0.4 is 0 Å². The molecule has 0 fully saturated rings. The third-order valence-corrected chi connectivity index (χ3v) is 15.3. The molecule has 69 heavy (non-hydrogen) atoms. The molecule has 0 saturated carbocycles. The Balaban J connectivity index is 1.07. The van der Waals surface area contributed by atoms with Crippen molar-refractivity contribution in [3.8, 4) is 101 Å². The molecule has 1 heterocycles. The molecule has 3 nitrogen and oxygen atoms in total. The Morgan fingerprint density at radius 1 is 0.232 bits per heavy atom. The van der Waals surface area contributed by atoms with E-state index in [1.807, 2.05) is 0 Å². The van der Waals surface area contributed by atoms with Crippen LogP contribution in [-0.4, -0.2) is 15.0 Å². The lowest BCUT2D eigenvalue weighted by molar-refractivity contribution is 0.794. The summed E-state index contributed by atoms with van der Waals surface area (Å²) in [5.74, 6) is 1.83. The Kier molecular flexibility index (Phi) is 10.3. The van der Waals surface area contributed by atoms with Gasteiger partial charge in [0.15, 0.2) is 17.5 Å². The fourth-order valence-corrected chi connectivity index (χ4v) is 11.4. The second-order valence-electron chi connectivity index (χ2n) is 17.8. The van der Waals surface area contributed by atoms with E-state index in [0.29, 0.717) is 17.5 Å². The maximum atomic E-state index is 5.51. The third kappa shape index (κ3) is 7.17. The van der Waals surface area contributed by atoms with Crippen molar-refractivity contribution in [1.82, 2.24) is 15.0 Å². The van der Waals surface area contributed by atoms with Crippen molar-refractivity contribution in [1.29, 1.82) is 0 Å². The second-order valence-corrected chi connectivity index (χ2v) is 20.3. The fourth-order valence-electron chi connectivity index (χ4n) is 10.7. The van der Waals surface area contributed by atoms with Crippen LogP contribution in [0.15, 0.2) is 237 Å². The number of hydrogen-bond donors (Lipinski definition) is 0. The van der Waals surface area contributed by atoms with Crippen molar-refractivity contribution in [2.24, 2.45) is 0 Å². The molecule has 13 rings (SSSR count). The van der Waals surface area contributed by atoms with Gasteiger partial charge in [-0.1, -0.05) is 170 Å². The Bertz CT molecular complexity index is 3580. The standard InChI is InChI=1S/C64H39I2N3/c65-51-28-23-42(24-29-51)47-33-45(40-13-3-1-4-14-40)35-49(37-47)62-67-61(68-63(69-62)50-36-46(41-15-5-2-6-16-41)34-48(38-50)43-25-30-52(66)31-26-43)44-27-32-56-55-19-9-12-22-59(55)64(60(56)39-44)57-20-10-7-17-53(57)54-18-8-11-21-58(54)64/h1-39H. The van der Waals surface area contributed by atoms with E-state index in [2.05, 4.69) is 282 Å². The van der Waals surface area contributed by atoms with Gasteiger partial charge >= 0.3 is 0 Å². The minimum Gasteiger partial charge on any atom is -0.208 e. The number of aromatic nitrogens is 3. The lowest BCUT2D eigenvalue weighted by atomic mass is 9.70. The second kappa shape index (κ2) is 17.0. The van der Waals surface area contributed by atoms with E-state index in [-0.39, 0.29) is 0 Å². The van der Waals surface area contributed by atoms with Crippen molar-refractivity contribution in [2.75, 3.05) is 0 Å². The number of halogens is 2. The highest BCUT2D eigenvalue weighted by atomic mass is 127. The van der Waals surface area contributed by atoms with E-state index in [1.165, 1.54) is 51.6 Å². The maximum Gasteiger partial charge on any atom is 0.164 e. The van der Waals surface area contributed by atoms with Crippen molar-refractivity contribution in [2.45, 2.75) is 5.41 Å². The van der Waals surface area contributed by atoms with Gasteiger partial charge in [0.2, 0.25) is 0 Å². The van der Waals surface area contributed by atoms with Crippen LogP contribution in [0.2, 0.25) is 0 Å². The zero-order valence-electron chi connectivity index (χ0n) is 37.1. The Labute approximate surface area is 429 Å². The summed E-state index contributed by atoms with van der Waals surface area (Å²) < 4.78 is 2.38. The first kappa shape index (κ1) is 41.8. The topological polar surface area (TPSA) is 38.7 Å². The van der Waals surface area contributed by atoms with E-state index in [9.17, 15) is 0 Å². The van der Waals surface area contributed by atoms with E-state index >= 15 is 0 Å². The van der Waals surface area contributed by atoms with Crippen LogP contribution in [0, 0.1) is 7.14 Å². The quantitative estimate of drug-likeness (QED) is 0.149. The van der Waals surface area contributed by atoms with Gasteiger partial charge in [-0.05, 0) is 201 Å². The smallest absolute Gasteiger partial charge is 0.164 e. The Hall–Kier alpha value is -7.33. The molecule has 0 unspecified atom stereocenters. The molecule has 324 valence electrons. The molecule has 0 radical (unpaired) electrons. The predicted octanol–water partition coefficient (Wildman–Crippen LogP) is 17.1. The summed E-state index contributed by atoms with van der Waals surface area (Å²) in [6.07, 6.45) is 0. The van der Waals surface area contributed by atoms with Crippen LogP contribution in [0.5, 0.6) is 0 Å². The van der Waals surface area contributed by atoms with Gasteiger partial charge in [0.25, 0.3) is 0 Å². The minimum absolute atomic E-state index is 0.507. The molecule has 11 aromatic rings. The van der Waals surface area contributed by atoms with Gasteiger partial charge in [0.05, 0.1) is 5.41 Å². The molecular weight excluding hydrogens is 1060 g/mol. The Morgan fingerprint density at radius 3 is 0.942 bits per heavy atom. The van der Waals surface area contributed by atoms with Crippen molar-refractivity contribution in [3.63, 3.8) is 0 Å². The number of hydrogen-bond acceptors (Lipinski definition) is 3. The normalized spacial score (nSPS) is 12.6. The van der Waals surface area contributed by atoms with Crippen LogP contribution in [-0.2, 0) is 5.41 Å². The lowest BCUT2D eigenvalue weighted by Crippen LogP contribution is -2.25. The molecule has 1 aromatic heterocycles. The van der Waals surface area contributed by atoms with E-state index in [0.717, 1.165) is 61.2 Å². The molecule has 0 aliphatic heterocycles. The number of nitrogens with zero attached hydrogens (tertiary/aromatic N) is 3. The first-order valence-corrected chi connectivity index (χ1v) is 25.3. The van der Waals surface area contributed by atoms with Crippen LogP contribution in [0.3, 0.4) is 0 Å². The molecule has 2 aliphatic carbocycles. The van der Waals surface area contributed by atoms with Gasteiger partial charge in [-0.15, -0.1) is 0 Å². The average Bonchev–Trinajstić information content (AvgIpc) is 3.89. The zero-order chi connectivity index (χ0) is 46.1. The van der Waals surface area contributed by atoms with Gasteiger partial charge in [-0.3, -0.25) is 0 Å². The van der Waals surface area contributed by atoms with E-state index in [1.54, 1.807) is 0 Å². The monoisotopic (exact) mass is 1100 g/mol. The molecule has 10 aromatic carbocycles. The molecule has 0 N–H and O–H groups in total. The summed E-state index contributed by atoms with van der Waals surface area (Å²) >= 11 is 4.75. The fraction of sp³-hybridized carbons (Fsp3) is 0.0156. The maximum absolute atomic E-state index is 5.51. The summed E-state index contributed by atoms with van der Waals surface area (Å²) in [5.41, 5.74) is 21.3. The molecule has 5 heteroatoms. The van der Waals surface area contributed by atoms with Gasteiger partial charge < -0.3 is 0 Å². The summed E-state index contributed by atoms with van der Waals surface area (Å²) in [5, 5.41) is 0. The van der Waals surface area contributed by atoms with E-state index < -0.39 is 5.41 Å². The summed E-state index contributed by atoms with van der Waals surface area (Å²) in [6.45, 7) is 0. The third-order valence-electron chi connectivity index (χ3n) is 13.8. The molecule has 2 aliphatic rings. The van der Waals surface area contributed by atoms with Crippen LogP contribution in [0.25, 0.3) is 101 Å².